The lowest BCUT2D eigenvalue weighted by Crippen LogP contribution is -1.81. The number of terminal acetylenes is 1. The van der Waals surface area contributed by atoms with Crippen LogP contribution in [0.3, 0.4) is 0 Å². The Morgan fingerprint density at radius 3 is 2.36 bits per heavy atom. The van der Waals surface area contributed by atoms with Crippen LogP contribution in [-0.4, -0.2) is 11.3 Å². The number of H-pyrrole nitrogens is 1. The van der Waals surface area contributed by atoms with Crippen molar-refractivity contribution >= 4 is 6.29 Å². The van der Waals surface area contributed by atoms with Gasteiger partial charge in [-0.15, -0.1) is 6.42 Å². The number of carbonyl (C=O) groups excluding carboxylic acids is 1. The number of nitrogens with one attached hydrogen (secondary N) is 1. The van der Waals surface area contributed by atoms with Crippen molar-refractivity contribution < 1.29 is 4.79 Å². The van der Waals surface area contributed by atoms with Gasteiger partial charge in [0.2, 0.25) is 0 Å². The van der Waals surface area contributed by atoms with Gasteiger partial charge in [0.1, 0.15) is 0 Å². The molecule has 1 aromatic rings. The molecule has 56 valence electrons. The zero-order valence-electron chi connectivity index (χ0n) is 6.56. The van der Waals surface area contributed by atoms with Crippen LogP contribution in [0.4, 0.5) is 0 Å². The van der Waals surface area contributed by atoms with E-state index in [0.717, 1.165) is 17.4 Å². The smallest absolute Gasteiger partial charge is 0.166 e. The summed E-state index contributed by atoms with van der Waals surface area (Å²) in [7, 11) is 0. The van der Waals surface area contributed by atoms with Gasteiger partial charge in [0.05, 0.1) is 11.4 Å². The summed E-state index contributed by atoms with van der Waals surface area (Å²) in [6.45, 7) is 3.77. The van der Waals surface area contributed by atoms with Crippen molar-refractivity contribution in [2.24, 2.45) is 0 Å². The van der Waals surface area contributed by atoms with E-state index in [1.165, 1.54) is 0 Å². The van der Waals surface area contributed by atoms with Gasteiger partial charge in [0, 0.05) is 0 Å². The van der Waals surface area contributed by atoms with Gasteiger partial charge >= 0.3 is 0 Å². The maximum atomic E-state index is 10.4. The fraction of sp³-hybridized carbons (Fsp3) is 0.222. The predicted octanol–water partition coefficient (Wildman–Crippen LogP) is 1.43. The first kappa shape index (κ1) is 7.62. The molecule has 0 spiro atoms. The van der Waals surface area contributed by atoms with Gasteiger partial charge < -0.3 is 4.98 Å². The van der Waals surface area contributed by atoms with Crippen molar-refractivity contribution in [3.8, 4) is 12.3 Å². The van der Waals surface area contributed by atoms with Crippen LogP contribution in [0, 0.1) is 26.2 Å². The molecule has 1 aromatic heterocycles. The molecule has 0 atom stereocenters. The van der Waals surface area contributed by atoms with Crippen molar-refractivity contribution in [1.82, 2.24) is 4.98 Å². The third kappa shape index (κ3) is 1.05. The molecule has 0 amide bonds. The Morgan fingerprint density at radius 2 is 2.09 bits per heavy atom. The molecule has 1 rings (SSSR count). The lowest BCUT2D eigenvalue weighted by molar-refractivity contribution is 0.111. The van der Waals surface area contributed by atoms with E-state index < -0.39 is 0 Å². The van der Waals surface area contributed by atoms with Crippen molar-refractivity contribution in [3.05, 3.63) is 22.5 Å². The Morgan fingerprint density at radius 1 is 1.45 bits per heavy atom. The molecule has 1 heterocycles. The molecule has 0 fully saturated rings. The van der Waals surface area contributed by atoms with E-state index in [1.54, 1.807) is 0 Å². The number of aldehydes is 1. The molecule has 0 aliphatic heterocycles. The lowest BCUT2D eigenvalue weighted by atomic mass is 10.1. The molecule has 0 saturated heterocycles. The summed E-state index contributed by atoms with van der Waals surface area (Å²) in [5.41, 5.74) is 3.20. The summed E-state index contributed by atoms with van der Waals surface area (Å²) < 4.78 is 0. The van der Waals surface area contributed by atoms with Crippen LogP contribution in [0.15, 0.2) is 0 Å². The third-order valence-electron chi connectivity index (χ3n) is 1.86. The monoisotopic (exact) mass is 147 g/mol. The number of rotatable bonds is 1. The first-order chi connectivity index (χ1) is 5.20. The van der Waals surface area contributed by atoms with Gasteiger partial charge in [-0.2, -0.15) is 0 Å². The van der Waals surface area contributed by atoms with Crippen LogP contribution in [0.5, 0.6) is 0 Å². The van der Waals surface area contributed by atoms with Crippen molar-refractivity contribution in [3.63, 3.8) is 0 Å². The molecular weight excluding hydrogens is 138 g/mol. The summed E-state index contributed by atoms with van der Waals surface area (Å²) in [5.74, 6) is 2.48. The van der Waals surface area contributed by atoms with Crippen LogP contribution >= 0.6 is 0 Å². The van der Waals surface area contributed by atoms with E-state index in [9.17, 15) is 4.79 Å². The Kier molecular flexibility index (Phi) is 1.82. The second-order valence-corrected chi connectivity index (χ2v) is 2.43. The molecule has 11 heavy (non-hydrogen) atoms. The average molecular weight is 147 g/mol. The zero-order valence-corrected chi connectivity index (χ0v) is 6.56. The van der Waals surface area contributed by atoms with E-state index in [2.05, 4.69) is 10.9 Å². The topological polar surface area (TPSA) is 32.9 Å². The normalized spacial score (nSPS) is 9.18. The molecular formula is C9H9NO. The first-order valence-corrected chi connectivity index (χ1v) is 3.31. The summed E-state index contributed by atoms with van der Waals surface area (Å²) in [6.07, 6.45) is 5.97. The third-order valence-corrected chi connectivity index (χ3v) is 1.86. The highest BCUT2D eigenvalue weighted by atomic mass is 16.1. The minimum atomic E-state index is 0.579. The number of aromatic amines is 1. The molecule has 2 heteroatoms. The zero-order chi connectivity index (χ0) is 8.43. The Balaban J connectivity index is 3.37. The van der Waals surface area contributed by atoms with Gasteiger partial charge in [-0.3, -0.25) is 4.79 Å². The lowest BCUT2D eigenvalue weighted by Gasteiger charge is -1.87. The van der Waals surface area contributed by atoms with E-state index in [4.69, 9.17) is 6.42 Å². The molecule has 0 saturated carbocycles. The largest absolute Gasteiger partial charge is 0.345 e. The fourth-order valence-electron chi connectivity index (χ4n) is 0.974. The first-order valence-electron chi connectivity index (χ1n) is 3.31. The van der Waals surface area contributed by atoms with Crippen molar-refractivity contribution in [2.45, 2.75) is 13.8 Å². The van der Waals surface area contributed by atoms with E-state index >= 15 is 0 Å². The number of carbonyl (C=O) groups is 1. The molecule has 0 aliphatic carbocycles. The Labute approximate surface area is 65.6 Å². The minimum absolute atomic E-state index is 0.579. The van der Waals surface area contributed by atoms with Gasteiger partial charge in [0.15, 0.2) is 6.29 Å². The molecule has 0 bridgehead atoms. The summed E-state index contributed by atoms with van der Waals surface area (Å²) in [5, 5.41) is 0. The second kappa shape index (κ2) is 2.63. The highest BCUT2D eigenvalue weighted by Gasteiger charge is 2.06. The molecule has 0 unspecified atom stereocenters. The van der Waals surface area contributed by atoms with E-state index in [1.807, 2.05) is 13.8 Å². The molecule has 0 aromatic carbocycles. The van der Waals surface area contributed by atoms with Crippen molar-refractivity contribution in [1.29, 1.82) is 0 Å². The Bertz CT molecular complexity index is 328. The van der Waals surface area contributed by atoms with Crippen LogP contribution in [0.1, 0.15) is 27.3 Å². The van der Waals surface area contributed by atoms with E-state index in [0.29, 0.717) is 11.4 Å². The van der Waals surface area contributed by atoms with Gasteiger partial charge in [0.25, 0.3) is 0 Å². The molecule has 2 nitrogen and oxygen atoms in total. The predicted molar refractivity (Wildman–Crippen MR) is 43.6 cm³/mol. The number of aromatic nitrogens is 1. The minimum Gasteiger partial charge on any atom is -0.345 e. The summed E-state index contributed by atoms with van der Waals surface area (Å²) in [4.78, 5) is 13.3. The van der Waals surface area contributed by atoms with Crippen LogP contribution in [-0.2, 0) is 0 Å². The van der Waals surface area contributed by atoms with Gasteiger partial charge in [-0.05, 0) is 25.0 Å². The SMILES string of the molecule is C#Cc1[nH]c(C=O)c(C)c1C. The van der Waals surface area contributed by atoms with Crippen LogP contribution in [0.25, 0.3) is 0 Å². The highest BCUT2D eigenvalue weighted by Crippen LogP contribution is 2.14. The molecule has 0 radical (unpaired) electrons. The summed E-state index contributed by atoms with van der Waals surface area (Å²) in [6, 6.07) is 0. The summed E-state index contributed by atoms with van der Waals surface area (Å²) >= 11 is 0. The van der Waals surface area contributed by atoms with Crippen molar-refractivity contribution in [2.75, 3.05) is 0 Å². The number of hydrogen-bond donors (Lipinski definition) is 1. The van der Waals surface area contributed by atoms with Crippen LogP contribution in [0.2, 0.25) is 0 Å². The molecule has 1 N–H and O–H groups in total. The highest BCUT2D eigenvalue weighted by molar-refractivity contribution is 5.76. The van der Waals surface area contributed by atoms with Gasteiger partial charge in [-0.1, -0.05) is 5.92 Å². The molecule has 0 aliphatic rings. The maximum absolute atomic E-state index is 10.4. The average Bonchev–Trinajstić information content (AvgIpc) is 2.30. The van der Waals surface area contributed by atoms with Gasteiger partial charge in [-0.25, -0.2) is 0 Å². The number of hydrogen-bond acceptors (Lipinski definition) is 1. The maximum Gasteiger partial charge on any atom is 0.166 e. The fourth-order valence-corrected chi connectivity index (χ4v) is 0.974. The Hall–Kier alpha value is -1.49. The second-order valence-electron chi connectivity index (χ2n) is 2.43. The standard InChI is InChI=1S/C9H9NO/c1-4-8-6(2)7(3)9(5-11)10-8/h1,5,10H,2-3H3. The quantitative estimate of drug-likeness (QED) is 0.473. The van der Waals surface area contributed by atoms with E-state index in [-0.39, 0.29) is 0 Å². The van der Waals surface area contributed by atoms with Crippen LogP contribution < -0.4 is 0 Å².